The fourth-order valence-electron chi connectivity index (χ4n) is 1.69. The highest BCUT2D eigenvalue weighted by atomic mass is 32.2. The molecule has 0 saturated heterocycles. The van der Waals surface area contributed by atoms with Crippen LogP contribution in [0.4, 0.5) is 0 Å². The van der Waals surface area contributed by atoms with Crippen molar-refractivity contribution in [3.05, 3.63) is 23.8 Å². The molecule has 1 heterocycles. The summed E-state index contributed by atoms with van der Waals surface area (Å²) in [5.74, 6) is 0.532. The number of nitrogens with one attached hydrogen (secondary N) is 1. The van der Waals surface area contributed by atoms with E-state index >= 15 is 0 Å². The Bertz CT molecular complexity index is 591. The number of aryl methyl sites for hydroxylation is 1. The summed E-state index contributed by atoms with van der Waals surface area (Å²) in [5, 5.41) is 0.797. The molecule has 0 bridgehead atoms. The first-order valence-electron chi connectivity index (χ1n) is 6.32. The zero-order chi connectivity index (χ0) is 14.0. The van der Waals surface area contributed by atoms with Gasteiger partial charge in [0.1, 0.15) is 0 Å². The number of amides is 1. The van der Waals surface area contributed by atoms with Gasteiger partial charge in [0.2, 0.25) is 5.91 Å². The van der Waals surface area contributed by atoms with Crippen LogP contribution >= 0.6 is 11.8 Å². The van der Waals surface area contributed by atoms with Crippen LogP contribution in [0.25, 0.3) is 11.0 Å². The molecule has 0 aliphatic rings. The van der Waals surface area contributed by atoms with Crippen LogP contribution in [0.3, 0.4) is 0 Å². The predicted molar refractivity (Wildman–Crippen MR) is 79.5 cm³/mol. The van der Waals surface area contributed by atoms with E-state index in [-0.39, 0.29) is 11.9 Å². The molecule has 1 amide bonds. The second-order valence-corrected chi connectivity index (χ2v) is 5.91. The lowest BCUT2D eigenvalue weighted by Gasteiger charge is -2.20. The van der Waals surface area contributed by atoms with Crippen molar-refractivity contribution in [2.45, 2.75) is 32.0 Å². The molecule has 5 heteroatoms. The minimum absolute atomic E-state index is 0.122. The largest absolute Gasteiger partial charge is 0.343 e. The van der Waals surface area contributed by atoms with Crippen LogP contribution in [0.5, 0.6) is 0 Å². The van der Waals surface area contributed by atoms with Crippen LogP contribution in [-0.2, 0) is 4.79 Å². The van der Waals surface area contributed by atoms with E-state index in [9.17, 15) is 4.79 Å². The molecule has 1 N–H and O–H groups in total. The second kappa shape index (κ2) is 5.65. The van der Waals surface area contributed by atoms with Gasteiger partial charge in [0.25, 0.3) is 0 Å². The number of fused-ring (bicyclic) bond motifs is 1. The minimum atomic E-state index is 0.122. The van der Waals surface area contributed by atoms with E-state index < -0.39 is 0 Å². The molecule has 1 aromatic heterocycles. The molecule has 0 unspecified atom stereocenters. The average molecular weight is 277 g/mol. The van der Waals surface area contributed by atoms with Crippen molar-refractivity contribution < 1.29 is 4.79 Å². The summed E-state index contributed by atoms with van der Waals surface area (Å²) in [7, 11) is 1.83. The lowest BCUT2D eigenvalue weighted by Crippen LogP contribution is -2.34. The molecule has 0 spiro atoms. The molecule has 0 fully saturated rings. The zero-order valence-corrected chi connectivity index (χ0v) is 12.5. The molecule has 0 aliphatic heterocycles. The predicted octanol–water partition coefficient (Wildman–Crippen LogP) is 2.83. The number of carbonyl (C=O) groups is 1. The summed E-state index contributed by atoms with van der Waals surface area (Å²) in [6.07, 6.45) is 0. The van der Waals surface area contributed by atoms with E-state index in [2.05, 4.69) is 16.0 Å². The summed E-state index contributed by atoms with van der Waals surface area (Å²) in [6.45, 7) is 6.06. The number of hydrogen-bond acceptors (Lipinski definition) is 3. The van der Waals surface area contributed by atoms with Crippen LogP contribution in [0.1, 0.15) is 19.4 Å². The van der Waals surface area contributed by atoms with Gasteiger partial charge < -0.3 is 9.88 Å². The zero-order valence-electron chi connectivity index (χ0n) is 11.7. The molecule has 2 rings (SSSR count). The van der Waals surface area contributed by atoms with Gasteiger partial charge in [0.15, 0.2) is 5.16 Å². The Morgan fingerprint density at radius 1 is 1.47 bits per heavy atom. The Labute approximate surface area is 117 Å². The number of aromatic amines is 1. The number of carbonyl (C=O) groups excluding carboxylic acids is 1. The van der Waals surface area contributed by atoms with E-state index in [1.54, 1.807) is 4.90 Å². The first-order chi connectivity index (χ1) is 8.97. The summed E-state index contributed by atoms with van der Waals surface area (Å²) in [4.78, 5) is 21.3. The van der Waals surface area contributed by atoms with Gasteiger partial charge in [-0.15, -0.1) is 0 Å². The quantitative estimate of drug-likeness (QED) is 0.874. The van der Waals surface area contributed by atoms with E-state index in [0.29, 0.717) is 5.75 Å². The maximum atomic E-state index is 11.9. The maximum Gasteiger partial charge on any atom is 0.233 e. The van der Waals surface area contributed by atoms with Crippen molar-refractivity contribution in [2.24, 2.45) is 0 Å². The van der Waals surface area contributed by atoms with E-state index in [0.717, 1.165) is 16.2 Å². The van der Waals surface area contributed by atoms with Gasteiger partial charge in [-0.05, 0) is 38.5 Å². The fraction of sp³-hybridized carbons (Fsp3) is 0.429. The molecular weight excluding hydrogens is 258 g/mol. The Morgan fingerprint density at radius 2 is 2.21 bits per heavy atom. The Morgan fingerprint density at radius 3 is 2.89 bits per heavy atom. The first-order valence-corrected chi connectivity index (χ1v) is 7.31. The van der Waals surface area contributed by atoms with Gasteiger partial charge in [-0.3, -0.25) is 4.79 Å². The summed E-state index contributed by atoms with van der Waals surface area (Å²) < 4.78 is 0. The van der Waals surface area contributed by atoms with Crippen LogP contribution in [0, 0.1) is 6.92 Å². The van der Waals surface area contributed by atoms with E-state index in [4.69, 9.17) is 0 Å². The van der Waals surface area contributed by atoms with Crippen LogP contribution in [-0.4, -0.2) is 39.6 Å². The number of H-pyrrole nitrogens is 1. The summed E-state index contributed by atoms with van der Waals surface area (Å²) in [5.41, 5.74) is 3.16. The third-order valence-corrected chi connectivity index (χ3v) is 3.97. The third kappa shape index (κ3) is 3.29. The van der Waals surface area contributed by atoms with Crippen LogP contribution < -0.4 is 0 Å². The number of rotatable bonds is 4. The van der Waals surface area contributed by atoms with Crippen molar-refractivity contribution in [1.82, 2.24) is 14.9 Å². The number of nitrogens with zero attached hydrogens (tertiary/aromatic N) is 2. The Kier molecular flexibility index (Phi) is 4.14. The highest BCUT2D eigenvalue weighted by Crippen LogP contribution is 2.20. The van der Waals surface area contributed by atoms with Gasteiger partial charge in [-0.2, -0.15) is 0 Å². The Balaban J connectivity index is 2.04. The number of aromatic nitrogens is 2. The SMILES string of the molecule is Cc1ccc2nc(SCC(=O)N(C)C(C)C)[nH]c2c1. The van der Waals surface area contributed by atoms with Crippen molar-refractivity contribution in [3.63, 3.8) is 0 Å². The summed E-state index contributed by atoms with van der Waals surface area (Å²) >= 11 is 1.45. The van der Waals surface area contributed by atoms with Gasteiger partial charge in [0, 0.05) is 13.1 Å². The van der Waals surface area contributed by atoms with Crippen LogP contribution in [0.2, 0.25) is 0 Å². The van der Waals surface area contributed by atoms with Crippen molar-refractivity contribution in [2.75, 3.05) is 12.8 Å². The molecule has 0 saturated carbocycles. The third-order valence-electron chi connectivity index (χ3n) is 3.12. The second-order valence-electron chi connectivity index (χ2n) is 4.95. The van der Waals surface area contributed by atoms with E-state index in [1.807, 2.05) is 40.0 Å². The fourth-order valence-corrected chi connectivity index (χ4v) is 2.50. The highest BCUT2D eigenvalue weighted by Gasteiger charge is 2.13. The molecule has 0 aliphatic carbocycles. The van der Waals surface area contributed by atoms with Crippen molar-refractivity contribution >= 4 is 28.7 Å². The molecule has 19 heavy (non-hydrogen) atoms. The smallest absolute Gasteiger partial charge is 0.233 e. The molecule has 0 radical (unpaired) electrons. The van der Waals surface area contributed by atoms with Gasteiger partial charge in [-0.1, -0.05) is 17.8 Å². The monoisotopic (exact) mass is 277 g/mol. The number of hydrogen-bond donors (Lipinski definition) is 1. The van der Waals surface area contributed by atoms with Crippen LogP contribution in [0.15, 0.2) is 23.4 Å². The highest BCUT2D eigenvalue weighted by molar-refractivity contribution is 7.99. The lowest BCUT2D eigenvalue weighted by molar-refractivity contribution is -0.128. The topological polar surface area (TPSA) is 49.0 Å². The maximum absolute atomic E-state index is 11.9. The van der Waals surface area contributed by atoms with Crippen molar-refractivity contribution in [1.29, 1.82) is 0 Å². The minimum Gasteiger partial charge on any atom is -0.343 e. The van der Waals surface area contributed by atoms with Crippen molar-refractivity contribution in [3.8, 4) is 0 Å². The molecule has 2 aromatic rings. The first kappa shape index (κ1) is 13.9. The molecular formula is C14H19N3OS. The number of benzene rings is 1. The normalized spacial score (nSPS) is 11.2. The van der Waals surface area contributed by atoms with Gasteiger partial charge in [0.05, 0.1) is 16.8 Å². The molecule has 0 atom stereocenters. The average Bonchev–Trinajstić information content (AvgIpc) is 2.76. The number of imidazole rings is 1. The van der Waals surface area contributed by atoms with Gasteiger partial charge >= 0.3 is 0 Å². The Hall–Kier alpha value is -1.49. The van der Waals surface area contributed by atoms with E-state index in [1.165, 1.54) is 17.3 Å². The number of thioether (sulfide) groups is 1. The summed E-state index contributed by atoms with van der Waals surface area (Å²) in [6, 6.07) is 6.32. The van der Waals surface area contributed by atoms with Gasteiger partial charge in [-0.25, -0.2) is 4.98 Å². The standard InChI is InChI=1S/C14H19N3OS/c1-9(2)17(4)13(18)8-19-14-15-11-6-5-10(3)7-12(11)16-14/h5-7,9H,8H2,1-4H3,(H,15,16). The molecule has 4 nitrogen and oxygen atoms in total. The lowest BCUT2D eigenvalue weighted by atomic mass is 10.2. The molecule has 102 valence electrons. The molecule has 1 aromatic carbocycles.